The van der Waals surface area contributed by atoms with Crippen LogP contribution < -0.4 is 14.4 Å². The van der Waals surface area contributed by atoms with E-state index in [-0.39, 0.29) is 24.1 Å². The molecule has 0 aliphatic carbocycles. The molecule has 36 heavy (non-hydrogen) atoms. The third-order valence-electron chi connectivity index (χ3n) is 6.88. The van der Waals surface area contributed by atoms with Gasteiger partial charge in [-0.1, -0.05) is 61.8 Å². The molecule has 0 aromatic heterocycles. The molecule has 0 radical (unpaired) electrons. The quantitative estimate of drug-likeness (QED) is 0.383. The van der Waals surface area contributed by atoms with E-state index in [1.807, 2.05) is 30.3 Å². The lowest BCUT2D eigenvalue weighted by Crippen LogP contribution is -2.44. The molecule has 1 aliphatic rings. The first-order valence-corrected chi connectivity index (χ1v) is 14.3. The fourth-order valence-electron chi connectivity index (χ4n) is 4.63. The Morgan fingerprint density at radius 2 is 1.67 bits per heavy atom. The maximum Gasteiger partial charge on any atom is 0.251 e. The monoisotopic (exact) mass is 526 g/mol. The van der Waals surface area contributed by atoms with Crippen LogP contribution in [0.25, 0.3) is 0 Å². The van der Waals surface area contributed by atoms with Gasteiger partial charge < -0.3 is 10.1 Å². The van der Waals surface area contributed by atoms with Gasteiger partial charge in [0.25, 0.3) is 5.91 Å². The van der Waals surface area contributed by atoms with E-state index >= 15 is 0 Å². The van der Waals surface area contributed by atoms with E-state index in [1.54, 1.807) is 42.5 Å². The Bertz CT molecular complexity index is 1340. The van der Waals surface area contributed by atoms with Crippen LogP contribution in [0.15, 0.2) is 72.8 Å². The van der Waals surface area contributed by atoms with Crippen molar-refractivity contribution in [3.8, 4) is 5.75 Å². The number of benzene rings is 3. The van der Waals surface area contributed by atoms with Gasteiger partial charge in [0.2, 0.25) is 10.0 Å². The fraction of sp³-hybridized carbons (Fsp3) is 0.321. The van der Waals surface area contributed by atoms with Gasteiger partial charge >= 0.3 is 0 Å². The first kappa shape index (κ1) is 26.0. The number of halogens is 1. The van der Waals surface area contributed by atoms with Crippen LogP contribution in [0.3, 0.4) is 0 Å². The highest BCUT2D eigenvalue weighted by molar-refractivity contribution is 7.92. The van der Waals surface area contributed by atoms with Crippen molar-refractivity contribution in [1.82, 2.24) is 5.32 Å². The summed E-state index contributed by atoms with van der Waals surface area (Å²) < 4.78 is 32.7. The van der Waals surface area contributed by atoms with E-state index in [1.165, 1.54) is 4.31 Å². The number of nitrogens with one attached hydrogen (secondary N) is 1. The summed E-state index contributed by atoms with van der Waals surface area (Å²) in [6, 6.07) is 21.3. The molecule has 1 heterocycles. The van der Waals surface area contributed by atoms with Gasteiger partial charge in [0, 0.05) is 22.6 Å². The van der Waals surface area contributed by atoms with E-state index in [9.17, 15) is 13.2 Å². The van der Waals surface area contributed by atoms with Crippen LogP contribution in [-0.4, -0.2) is 26.2 Å². The number of fused-ring (bicyclic) bond motifs is 1. The van der Waals surface area contributed by atoms with Gasteiger partial charge in [-0.3, -0.25) is 9.10 Å². The number of ether oxygens (including phenoxy) is 1. The molecule has 0 fully saturated rings. The second-order valence-electron chi connectivity index (χ2n) is 9.17. The molecule has 1 atom stereocenters. The molecule has 4 rings (SSSR count). The summed E-state index contributed by atoms with van der Waals surface area (Å²) in [7, 11) is -3.58. The number of rotatable bonds is 8. The Morgan fingerprint density at radius 1 is 1.03 bits per heavy atom. The molecular formula is C28H31ClN2O4S. The largest absolute Gasteiger partial charge is 0.487 e. The Hall–Kier alpha value is -3.03. The molecule has 0 saturated heterocycles. The number of nitrogens with zero attached hydrogens (tertiary/aromatic N) is 1. The molecule has 0 spiro atoms. The molecule has 1 N–H and O–H groups in total. The molecule has 0 saturated carbocycles. The number of hydrogen-bond acceptors (Lipinski definition) is 4. The highest BCUT2D eigenvalue weighted by Gasteiger charge is 2.39. The summed E-state index contributed by atoms with van der Waals surface area (Å²) in [6.45, 7) is 4.30. The Morgan fingerprint density at radius 3 is 2.31 bits per heavy atom. The Balaban J connectivity index is 1.56. The van der Waals surface area contributed by atoms with Crippen molar-refractivity contribution < 1.29 is 17.9 Å². The number of carbonyl (C=O) groups is 1. The molecule has 8 heteroatoms. The molecule has 3 aromatic rings. The topological polar surface area (TPSA) is 75.7 Å². The number of sulfonamides is 1. The smallest absolute Gasteiger partial charge is 0.251 e. The lowest BCUT2D eigenvalue weighted by Gasteiger charge is -2.41. The van der Waals surface area contributed by atoms with Gasteiger partial charge in [-0.2, -0.15) is 0 Å². The van der Waals surface area contributed by atoms with Crippen molar-refractivity contribution in [1.29, 1.82) is 0 Å². The second kappa shape index (κ2) is 10.5. The third-order valence-corrected chi connectivity index (χ3v) is 8.39. The predicted octanol–water partition coefficient (Wildman–Crippen LogP) is 6.12. The first-order valence-electron chi connectivity index (χ1n) is 12.1. The third kappa shape index (κ3) is 5.52. The van der Waals surface area contributed by atoms with Crippen molar-refractivity contribution in [2.24, 2.45) is 0 Å². The fourth-order valence-corrected chi connectivity index (χ4v) is 5.71. The van der Waals surface area contributed by atoms with Crippen molar-refractivity contribution in [2.75, 3.05) is 10.6 Å². The molecule has 6 nitrogen and oxygen atoms in total. The predicted molar refractivity (Wildman–Crippen MR) is 144 cm³/mol. The van der Waals surface area contributed by atoms with Gasteiger partial charge in [-0.05, 0) is 54.8 Å². The molecule has 0 unspecified atom stereocenters. The van der Waals surface area contributed by atoms with Gasteiger partial charge in [0.15, 0.2) is 0 Å². The average Bonchev–Trinajstić information content (AvgIpc) is 2.87. The van der Waals surface area contributed by atoms with Crippen LogP contribution in [0.5, 0.6) is 5.75 Å². The van der Waals surface area contributed by atoms with Crippen LogP contribution in [-0.2, 0) is 16.6 Å². The molecule has 0 bridgehead atoms. The number of anilines is 1. The minimum Gasteiger partial charge on any atom is -0.487 e. The zero-order valence-corrected chi connectivity index (χ0v) is 22.3. The van der Waals surface area contributed by atoms with Gasteiger partial charge in [0.1, 0.15) is 11.4 Å². The highest BCUT2D eigenvalue weighted by atomic mass is 35.5. The van der Waals surface area contributed by atoms with Crippen molar-refractivity contribution in [3.63, 3.8) is 0 Å². The van der Waals surface area contributed by atoms with Crippen LogP contribution >= 0.6 is 11.6 Å². The summed E-state index contributed by atoms with van der Waals surface area (Å²) in [4.78, 5) is 13.2. The van der Waals surface area contributed by atoms with E-state index < -0.39 is 10.0 Å². The van der Waals surface area contributed by atoms with Gasteiger partial charge in [0.05, 0.1) is 24.5 Å². The maximum atomic E-state index is 13.2. The van der Waals surface area contributed by atoms with E-state index in [4.69, 9.17) is 16.3 Å². The van der Waals surface area contributed by atoms with Crippen molar-refractivity contribution in [3.05, 3.63) is 94.5 Å². The Labute approximate surface area is 218 Å². The zero-order chi connectivity index (χ0) is 25.9. The minimum atomic E-state index is -3.58. The lowest BCUT2D eigenvalue weighted by atomic mass is 9.83. The summed E-state index contributed by atoms with van der Waals surface area (Å²) in [5, 5.41) is 3.67. The molecule has 1 aliphatic heterocycles. The summed E-state index contributed by atoms with van der Waals surface area (Å²) in [6.07, 6.45) is 3.51. The minimum absolute atomic E-state index is 0.0963. The van der Waals surface area contributed by atoms with Crippen molar-refractivity contribution >= 4 is 33.2 Å². The van der Waals surface area contributed by atoms with Gasteiger partial charge in [-0.25, -0.2) is 8.42 Å². The second-order valence-corrected chi connectivity index (χ2v) is 11.5. The van der Waals surface area contributed by atoms with Crippen LogP contribution in [0.1, 0.15) is 60.6 Å². The number of amides is 1. The zero-order valence-electron chi connectivity index (χ0n) is 20.7. The number of hydrogen-bond donors (Lipinski definition) is 1. The summed E-state index contributed by atoms with van der Waals surface area (Å²) >= 11 is 6.26. The van der Waals surface area contributed by atoms with Crippen molar-refractivity contribution in [2.45, 2.75) is 51.3 Å². The molecule has 3 aromatic carbocycles. The lowest BCUT2D eigenvalue weighted by molar-refractivity contribution is 0.0227. The van der Waals surface area contributed by atoms with Crippen LogP contribution in [0.4, 0.5) is 5.69 Å². The van der Waals surface area contributed by atoms with Crippen LogP contribution in [0, 0.1) is 0 Å². The molecule has 1 amide bonds. The highest BCUT2D eigenvalue weighted by Crippen LogP contribution is 2.42. The molecule has 190 valence electrons. The van der Waals surface area contributed by atoms with Crippen LogP contribution in [0.2, 0.25) is 5.02 Å². The standard InChI is InChI=1S/C28H31ClN2O4S/c1-4-28(5-2)18-25(23-11-7-9-13-26(23)35-28)30-27(32)20-14-16-22(17-15-20)31(36(3,33)34)19-21-10-6-8-12-24(21)29/h6-17,25H,4-5,18-19H2,1-3H3,(H,30,32)/t25-/m1/s1. The van der Waals surface area contributed by atoms with E-state index in [0.717, 1.165) is 30.4 Å². The average molecular weight is 527 g/mol. The van der Waals surface area contributed by atoms with E-state index in [0.29, 0.717) is 28.3 Å². The normalized spacial score (nSPS) is 16.5. The molecular weight excluding hydrogens is 496 g/mol. The SMILES string of the molecule is CCC1(CC)C[C@@H](NC(=O)c2ccc(N(Cc3ccccc3Cl)S(C)(=O)=O)cc2)c2ccccc2O1. The number of carbonyl (C=O) groups excluding carboxylic acids is 1. The Kier molecular flexibility index (Phi) is 7.62. The first-order chi connectivity index (χ1) is 17.2. The van der Waals surface area contributed by atoms with E-state index in [2.05, 4.69) is 19.2 Å². The summed E-state index contributed by atoms with van der Waals surface area (Å²) in [5.41, 5.74) is 2.24. The van der Waals surface area contributed by atoms with Gasteiger partial charge in [-0.15, -0.1) is 0 Å². The summed E-state index contributed by atoms with van der Waals surface area (Å²) in [5.74, 6) is 0.581. The number of para-hydroxylation sites is 1. The maximum absolute atomic E-state index is 13.2.